The van der Waals surface area contributed by atoms with Crippen molar-refractivity contribution in [3.8, 4) is 0 Å². The standard InChI is InChI=1S/C14H21Cl2N3/c1-3-10(2)14(19-6-4-17-5-7-19)13-11(15)8-18-9-12(13)16/h8-10,14,17H,3-7H2,1-2H3/t10?,14-/m0/s1. The number of pyridine rings is 1. The molecule has 2 rings (SSSR count). The van der Waals surface area contributed by atoms with E-state index in [-0.39, 0.29) is 6.04 Å². The summed E-state index contributed by atoms with van der Waals surface area (Å²) in [6.07, 6.45) is 4.49. The van der Waals surface area contributed by atoms with Gasteiger partial charge in [-0.05, 0) is 5.92 Å². The van der Waals surface area contributed by atoms with Crippen molar-refractivity contribution < 1.29 is 0 Å². The van der Waals surface area contributed by atoms with Crippen LogP contribution in [-0.4, -0.2) is 36.1 Å². The summed E-state index contributed by atoms with van der Waals surface area (Å²) in [5.41, 5.74) is 1.04. The number of aromatic nitrogens is 1. The van der Waals surface area contributed by atoms with Gasteiger partial charge in [0.1, 0.15) is 0 Å². The van der Waals surface area contributed by atoms with Gasteiger partial charge in [-0.3, -0.25) is 9.88 Å². The van der Waals surface area contributed by atoms with Crippen LogP contribution in [0.3, 0.4) is 0 Å². The number of piperazine rings is 1. The molecule has 0 radical (unpaired) electrons. The highest BCUT2D eigenvalue weighted by Gasteiger charge is 2.29. The fraction of sp³-hybridized carbons (Fsp3) is 0.643. The van der Waals surface area contributed by atoms with Crippen molar-refractivity contribution in [3.63, 3.8) is 0 Å². The second-order valence-corrected chi connectivity index (χ2v) is 5.95. The van der Waals surface area contributed by atoms with Crippen molar-refractivity contribution in [1.29, 1.82) is 0 Å². The molecule has 1 aromatic heterocycles. The number of hydrogen-bond acceptors (Lipinski definition) is 3. The van der Waals surface area contributed by atoms with Crippen molar-refractivity contribution in [1.82, 2.24) is 15.2 Å². The highest BCUT2D eigenvalue weighted by molar-refractivity contribution is 6.35. The fourth-order valence-electron chi connectivity index (χ4n) is 2.71. The molecule has 1 aliphatic rings. The summed E-state index contributed by atoms with van der Waals surface area (Å²) in [6, 6.07) is 0.273. The monoisotopic (exact) mass is 301 g/mol. The molecule has 106 valence electrons. The molecule has 2 atom stereocenters. The van der Waals surface area contributed by atoms with E-state index < -0.39 is 0 Å². The van der Waals surface area contributed by atoms with E-state index in [0.29, 0.717) is 16.0 Å². The Kier molecular flexibility index (Phi) is 5.46. The lowest BCUT2D eigenvalue weighted by molar-refractivity contribution is 0.128. The van der Waals surface area contributed by atoms with Gasteiger partial charge < -0.3 is 5.32 Å². The lowest BCUT2D eigenvalue weighted by Gasteiger charge is -2.39. The first-order valence-corrected chi connectivity index (χ1v) is 7.64. The van der Waals surface area contributed by atoms with Crippen LogP contribution in [0, 0.1) is 5.92 Å². The van der Waals surface area contributed by atoms with Crippen LogP contribution in [0.4, 0.5) is 0 Å². The first kappa shape index (κ1) is 15.0. The first-order chi connectivity index (χ1) is 9.15. The summed E-state index contributed by atoms with van der Waals surface area (Å²) < 4.78 is 0. The molecule has 1 N–H and O–H groups in total. The zero-order valence-electron chi connectivity index (χ0n) is 11.5. The third-order valence-corrected chi connectivity index (χ3v) is 4.52. The predicted molar refractivity (Wildman–Crippen MR) is 80.9 cm³/mol. The van der Waals surface area contributed by atoms with Crippen LogP contribution in [0.15, 0.2) is 12.4 Å². The summed E-state index contributed by atoms with van der Waals surface area (Å²) >= 11 is 12.7. The van der Waals surface area contributed by atoms with E-state index in [2.05, 4.69) is 29.0 Å². The zero-order valence-corrected chi connectivity index (χ0v) is 13.0. The molecule has 0 bridgehead atoms. The minimum Gasteiger partial charge on any atom is -0.314 e. The van der Waals surface area contributed by atoms with Gasteiger partial charge in [0.2, 0.25) is 0 Å². The Labute approximate surface area is 125 Å². The van der Waals surface area contributed by atoms with Crippen LogP contribution in [0.5, 0.6) is 0 Å². The van der Waals surface area contributed by atoms with E-state index in [0.717, 1.165) is 38.2 Å². The Morgan fingerprint density at radius 3 is 2.37 bits per heavy atom. The summed E-state index contributed by atoms with van der Waals surface area (Å²) in [4.78, 5) is 6.55. The number of rotatable bonds is 4. The lowest BCUT2D eigenvalue weighted by Crippen LogP contribution is -2.46. The van der Waals surface area contributed by atoms with E-state index in [1.807, 2.05) is 0 Å². The largest absolute Gasteiger partial charge is 0.314 e. The molecule has 1 unspecified atom stereocenters. The van der Waals surface area contributed by atoms with Crippen molar-refractivity contribution in [2.75, 3.05) is 26.2 Å². The summed E-state index contributed by atoms with van der Waals surface area (Å²) in [7, 11) is 0. The smallest absolute Gasteiger partial charge is 0.0652 e. The van der Waals surface area contributed by atoms with Crippen LogP contribution in [0.25, 0.3) is 0 Å². The Hall–Kier alpha value is -0.350. The van der Waals surface area contributed by atoms with E-state index in [1.54, 1.807) is 12.4 Å². The number of hydrogen-bond donors (Lipinski definition) is 1. The maximum absolute atomic E-state index is 6.36. The molecule has 19 heavy (non-hydrogen) atoms. The van der Waals surface area contributed by atoms with Gasteiger partial charge in [-0.15, -0.1) is 0 Å². The van der Waals surface area contributed by atoms with Crippen LogP contribution >= 0.6 is 23.2 Å². The Morgan fingerprint density at radius 2 is 1.84 bits per heavy atom. The summed E-state index contributed by atoms with van der Waals surface area (Å²) in [6.45, 7) is 8.58. The minimum absolute atomic E-state index is 0.273. The van der Waals surface area contributed by atoms with Gasteiger partial charge in [0.25, 0.3) is 0 Å². The topological polar surface area (TPSA) is 28.2 Å². The van der Waals surface area contributed by atoms with Gasteiger partial charge in [0, 0.05) is 50.2 Å². The maximum Gasteiger partial charge on any atom is 0.0652 e. The number of nitrogens with zero attached hydrogens (tertiary/aromatic N) is 2. The molecule has 2 heterocycles. The van der Waals surface area contributed by atoms with Gasteiger partial charge >= 0.3 is 0 Å². The Bertz CT molecular complexity index is 399. The van der Waals surface area contributed by atoms with Crippen molar-refractivity contribution in [2.24, 2.45) is 5.92 Å². The van der Waals surface area contributed by atoms with E-state index >= 15 is 0 Å². The highest BCUT2D eigenvalue weighted by Crippen LogP contribution is 2.38. The van der Waals surface area contributed by atoms with Gasteiger partial charge in [0.05, 0.1) is 10.0 Å². The SMILES string of the molecule is CCC(C)[C@@H](c1c(Cl)cncc1Cl)N1CCNCC1. The van der Waals surface area contributed by atoms with Crippen LogP contribution in [0.2, 0.25) is 10.0 Å². The van der Waals surface area contributed by atoms with E-state index in [1.165, 1.54) is 0 Å². The number of halogens is 2. The Balaban J connectivity index is 2.36. The maximum atomic E-state index is 6.36. The quantitative estimate of drug-likeness (QED) is 0.924. The average Bonchev–Trinajstić information content (AvgIpc) is 2.43. The molecule has 0 aliphatic carbocycles. The van der Waals surface area contributed by atoms with Gasteiger partial charge in [-0.2, -0.15) is 0 Å². The number of nitrogens with one attached hydrogen (secondary N) is 1. The predicted octanol–water partition coefficient (Wildman–Crippen LogP) is 3.38. The van der Waals surface area contributed by atoms with Gasteiger partial charge in [-0.25, -0.2) is 0 Å². The summed E-state index contributed by atoms with van der Waals surface area (Å²) in [5, 5.41) is 4.74. The molecule has 0 spiro atoms. The normalized spacial score (nSPS) is 20.2. The van der Waals surface area contributed by atoms with Crippen LogP contribution < -0.4 is 5.32 Å². The van der Waals surface area contributed by atoms with Crippen LogP contribution in [-0.2, 0) is 0 Å². The average molecular weight is 302 g/mol. The van der Waals surface area contributed by atoms with Gasteiger partial charge in [-0.1, -0.05) is 43.5 Å². The van der Waals surface area contributed by atoms with Gasteiger partial charge in [0.15, 0.2) is 0 Å². The third kappa shape index (κ3) is 3.40. The van der Waals surface area contributed by atoms with Crippen LogP contribution in [0.1, 0.15) is 31.9 Å². The summed E-state index contributed by atoms with van der Waals surface area (Å²) in [5.74, 6) is 0.510. The fourth-order valence-corrected chi connectivity index (χ4v) is 3.30. The van der Waals surface area contributed by atoms with Crippen molar-refractivity contribution >= 4 is 23.2 Å². The highest BCUT2D eigenvalue weighted by atomic mass is 35.5. The van der Waals surface area contributed by atoms with E-state index in [4.69, 9.17) is 23.2 Å². The molecule has 1 fully saturated rings. The second-order valence-electron chi connectivity index (χ2n) is 5.13. The molecular weight excluding hydrogens is 281 g/mol. The molecule has 1 aliphatic heterocycles. The molecule has 1 saturated heterocycles. The van der Waals surface area contributed by atoms with Crippen molar-refractivity contribution in [2.45, 2.75) is 26.3 Å². The molecule has 1 aromatic rings. The van der Waals surface area contributed by atoms with Crippen molar-refractivity contribution in [3.05, 3.63) is 28.0 Å². The molecule has 0 amide bonds. The van der Waals surface area contributed by atoms with E-state index in [9.17, 15) is 0 Å². The zero-order chi connectivity index (χ0) is 13.8. The Morgan fingerprint density at radius 1 is 1.26 bits per heavy atom. The minimum atomic E-state index is 0.273. The third-order valence-electron chi connectivity index (χ3n) is 3.91. The molecule has 0 saturated carbocycles. The molecular formula is C14H21Cl2N3. The lowest BCUT2D eigenvalue weighted by atomic mass is 9.91. The first-order valence-electron chi connectivity index (χ1n) is 6.88. The molecule has 0 aromatic carbocycles. The second kappa shape index (κ2) is 6.89. The molecule has 3 nitrogen and oxygen atoms in total. The molecule has 5 heteroatoms.